The third-order valence-electron chi connectivity index (χ3n) is 10.6. The Morgan fingerprint density at radius 1 is 0.491 bits per heavy atom. The summed E-state index contributed by atoms with van der Waals surface area (Å²) in [5, 5.41) is 43.5. The van der Waals surface area contributed by atoms with Gasteiger partial charge >= 0.3 is 0 Å². The molecular weight excluding hydrogens is 659 g/mol. The first kappa shape index (κ1) is 51.5. The van der Waals surface area contributed by atoms with E-state index in [2.05, 4.69) is 43.5 Å². The lowest BCUT2D eigenvalue weighted by Gasteiger charge is -2.27. The van der Waals surface area contributed by atoms with Gasteiger partial charge in [-0.1, -0.05) is 204 Å². The first-order valence-corrected chi connectivity index (χ1v) is 22.9. The van der Waals surface area contributed by atoms with Crippen LogP contribution in [-0.2, 0) is 4.79 Å². The Labute approximate surface area is 328 Å². The summed E-state index contributed by atoms with van der Waals surface area (Å²) in [6.45, 7) is 4.00. The third kappa shape index (κ3) is 36.0. The number of hydrogen-bond acceptors (Lipinski definition) is 5. The second kappa shape index (κ2) is 41.7. The number of carbonyl (C=O) groups excluding carboxylic acids is 1. The molecule has 0 aromatic heterocycles. The van der Waals surface area contributed by atoms with Gasteiger partial charge in [0.2, 0.25) is 5.91 Å². The maximum Gasteiger partial charge on any atom is 0.249 e. The van der Waals surface area contributed by atoms with E-state index in [4.69, 9.17) is 0 Å². The third-order valence-corrected chi connectivity index (χ3v) is 10.6. The average molecular weight is 748 g/mol. The van der Waals surface area contributed by atoms with E-state index in [0.717, 1.165) is 25.7 Å². The second-order valence-corrected chi connectivity index (χ2v) is 15.8. The molecule has 0 saturated carbocycles. The topological polar surface area (TPSA) is 110 Å². The molecule has 0 aliphatic rings. The highest BCUT2D eigenvalue weighted by Gasteiger charge is 2.28. The molecule has 0 bridgehead atoms. The molecule has 4 atom stereocenters. The first-order chi connectivity index (χ1) is 26.0. The van der Waals surface area contributed by atoms with Crippen molar-refractivity contribution in [3.05, 3.63) is 36.5 Å². The van der Waals surface area contributed by atoms with E-state index in [9.17, 15) is 25.2 Å². The summed E-state index contributed by atoms with van der Waals surface area (Å²) in [6.07, 6.45) is 49.3. The molecular formula is C47H89NO5. The lowest BCUT2D eigenvalue weighted by atomic mass is 10.0. The van der Waals surface area contributed by atoms with E-state index < -0.39 is 36.9 Å². The van der Waals surface area contributed by atoms with Crippen LogP contribution in [0.25, 0.3) is 0 Å². The molecule has 6 nitrogen and oxygen atoms in total. The van der Waals surface area contributed by atoms with Crippen molar-refractivity contribution in [1.29, 1.82) is 0 Å². The van der Waals surface area contributed by atoms with Gasteiger partial charge in [-0.3, -0.25) is 4.79 Å². The number of rotatable bonds is 41. The van der Waals surface area contributed by atoms with Gasteiger partial charge in [0.1, 0.15) is 12.2 Å². The molecule has 4 unspecified atom stereocenters. The molecule has 0 saturated heterocycles. The molecule has 0 radical (unpaired) electrons. The molecule has 5 N–H and O–H groups in total. The van der Waals surface area contributed by atoms with Crippen molar-refractivity contribution in [2.24, 2.45) is 0 Å². The van der Waals surface area contributed by atoms with Crippen molar-refractivity contribution in [1.82, 2.24) is 5.32 Å². The van der Waals surface area contributed by atoms with E-state index in [1.165, 1.54) is 167 Å². The standard InChI is InChI=1S/C47H89NO5/c1-3-5-7-9-11-13-15-17-18-19-20-21-22-23-24-25-26-27-28-29-31-32-34-36-38-40-44(50)46(52)43(42-49)48-47(53)45(51)41-39-37-35-33-30-16-14-12-10-8-6-4-2/h30,32-34,37,39,43-46,49-52H,3-29,31,35-36,38,40-42H2,1-2H3,(H,48,53)/b33-30-,34-32+,39-37-. The summed E-state index contributed by atoms with van der Waals surface area (Å²) in [6, 6.07) is -1.03. The molecule has 0 spiro atoms. The van der Waals surface area contributed by atoms with Crippen LogP contribution in [-0.4, -0.2) is 57.3 Å². The molecule has 1 amide bonds. The fourth-order valence-corrected chi connectivity index (χ4v) is 6.92. The highest BCUT2D eigenvalue weighted by molar-refractivity contribution is 5.81. The fraction of sp³-hybridized carbons (Fsp3) is 0.851. The Balaban J connectivity index is 3.74. The number of amides is 1. The van der Waals surface area contributed by atoms with Crippen LogP contribution in [0.5, 0.6) is 0 Å². The zero-order valence-corrected chi connectivity index (χ0v) is 35.0. The lowest BCUT2D eigenvalue weighted by molar-refractivity contribution is -0.132. The van der Waals surface area contributed by atoms with Crippen LogP contribution in [0.4, 0.5) is 0 Å². The predicted molar refractivity (Wildman–Crippen MR) is 228 cm³/mol. The minimum atomic E-state index is -1.30. The van der Waals surface area contributed by atoms with Crippen molar-refractivity contribution >= 4 is 5.91 Å². The molecule has 53 heavy (non-hydrogen) atoms. The van der Waals surface area contributed by atoms with Gasteiger partial charge in [-0.05, 0) is 51.4 Å². The fourth-order valence-electron chi connectivity index (χ4n) is 6.92. The Kier molecular flexibility index (Phi) is 40.5. The minimum absolute atomic E-state index is 0.153. The largest absolute Gasteiger partial charge is 0.394 e. The van der Waals surface area contributed by atoms with Crippen LogP contribution in [0.15, 0.2) is 36.5 Å². The van der Waals surface area contributed by atoms with Gasteiger partial charge in [0.15, 0.2) is 0 Å². The quantitative estimate of drug-likeness (QED) is 0.0316. The summed E-state index contributed by atoms with van der Waals surface area (Å²) < 4.78 is 0. The molecule has 0 rings (SSSR count). The molecule has 0 fully saturated rings. The van der Waals surface area contributed by atoms with Gasteiger partial charge in [0, 0.05) is 6.42 Å². The van der Waals surface area contributed by atoms with E-state index in [-0.39, 0.29) is 6.42 Å². The van der Waals surface area contributed by atoms with E-state index in [1.54, 1.807) is 6.08 Å². The second-order valence-electron chi connectivity index (χ2n) is 15.8. The maximum absolute atomic E-state index is 12.4. The zero-order chi connectivity index (χ0) is 38.9. The normalized spacial score (nSPS) is 14.5. The van der Waals surface area contributed by atoms with Crippen molar-refractivity contribution in [2.45, 2.75) is 250 Å². The molecule has 0 aliphatic carbocycles. The first-order valence-electron chi connectivity index (χ1n) is 22.9. The summed E-state index contributed by atoms with van der Waals surface area (Å²) in [5.74, 6) is -0.661. The van der Waals surface area contributed by atoms with Crippen molar-refractivity contribution < 1.29 is 25.2 Å². The van der Waals surface area contributed by atoms with Crippen molar-refractivity contribution in [3.63, 3.8) is 0 Å². The minimum Gasteiger partial charge on any atom is -0.394 e. The Hall–Kier alpha value is -1.47. The highest BCUT2D eigenvalue weighted by Crippen LogP contribution is 2.16. The van der Waals surface area contributed by atoms with Crippen LogP contribution >= 0.6 is 0 Å². The number of nitrogens with one attached hydrogen (secondary N) is 1. The molecule has 6 heteroatoms. The predicted octanol–water partition coefficient (Wildman–Crippen LogP) is 12.1. The van der Waals surface area contributed by atoms with Crippen LogP contribution < -0.4 is 5.32 Å². The van der Waals surface area contributed by atoms with Gasteiger partial charge < -0.3 is 25.7 Å². The molecule has 0 aromatic rings. The van der Waals surface area contributed by atoms with E-state index in [0.29, 0.717) is 12.8 Å². The van der Waals surface area contributed by atoms with Gasteiger partial charge in [-0.15, -0.1) is 0 Å². The zero-order valence-electron chi connectivity index (χ0n) is 35.0. The summed E-state index contributed by atoms with van der Waals surface area (Å²) in [5.41, 5.74) is 0. The van der Waals surface area contributed by atoms with Crippen LogP contribution in [0.3, 0.4) is 0 Å². The van der Waals surface area contributed by atoms with Crippen LogP contribution in [0.2, 0.25) is 0 Å². The number of aliphatic hydroxyl groups excluding tert-OH is 4. The van der Waals surface area contributed by atoms with Crippen LogP contribution in [0, 0.1) is 0 Å². The molecule has 0 heterocycles. The highest BCUT2D eigenvalue weighted by atomic mass is 16.3. The molecule has 0 aromatic carbocycles. The maximum atomic E-state index is 12.4. The van der Waals surface area contributed by atoms with Gasteiger partial charge in [-0.25, -0.2) is 0 Å². The lowest BCUT2D eigenvalue weighted by Crippen LogP contribution is -2.52. The number of allylic oxidation sites excluding steroid dienone is 5. The summed E-state index contributed by atoms with van der Waals surface area (Å²) in [7, 11) is 0. The Morgan fingerprint density at radius 3 is 1.26 bits per heavy atom. The Bertz CT molecular complexity index is 843. The average Bonchev–Trinajstić information content (AvgIpc) is 3.16. The van der Waals surface area contributed by atoms with Gasteiger partial charge in [-0.2, -0.15) is 0 Å². The van der Waals surface area contributed by atoms with E-state index >= 15 is 0 Å². The number of carbonyl (C=O) groups is 1. The number of aliphatic hydroxyl groups is 4. The summed E-state index contributed by atoms with van der Waals surface area (Å²) >= 11 is 0. The smallest absolute Gasteiger partial charge is 0.249 e. The molecule has 0 aliphatic heterocycles. The summed E-state index contributed by atoms with van der Waals surface area (Å²) in [4.78, 5) is 12.4. The molecule has 312 valence electrons. The van der Waals surface area contributed by atoms with Crippen molar-refractivity contribution in [2.75, 3.05) is 6.61 Å². The monoisotopic (exact) mass is 748 g/mol. The van der Waals surface area contributed by atoms with E-state index in [1.807, 2.05) is 6.08 Å². The number of hydrogen-bond donors (Lipinski definition) is 5. The van der Waals surface area contributed by atoms with Gasteiger partial charge in [0.25, 0.3) is 0 Å². The van der Waals surface area contributed by atoms with Gasteiger partial charge in [0.05, 0.1) is 18.8 Å². The van der Waals surface area contributed by atoms with Crippen LogP contribution in [0.1, 0.15) is 226 Å². The Morgan fingerprint density at radius 2 is 0.849 bits per heavy atom. The SMILES string of the molecule is CCCCCCCC/C=C\C/C=C\CC(O)C(=O)NC(CO)C(O)C(O)CCC/C=C/CCCCCCCCCCCCCCCCCCCCCC. The van der Waals surface area contributed by atoms with Crippen molar-refractivity contribution in [3.8, 4) is 0 Å². The number of unbranched alkanes of at least 4 members (excludes halogenated alkanes) is 27.